The summed E-state index contributed by atoms with van der Waals surface area (Å²) >= 11 is 0. The third-order valence-corrected chi connectivity index (χ3v) is 4.95. The second-order valence-electron chi connectivity index (χ2n) is 6.88. The van der Waals surface area contributed by atoms with Crippen LogP contribution in [0.4, 0.5) is 5.82 Å². The lowest BCUT2D eigenvalue weighted by Gasteiger charge is -2.22. The normalized spacial score (nSPS) is 16.4. The molecule has 8 nitrogen and oxygen atoms in total. The number of benzene rings is 1. The molecule has 8 heteroatoms. The van der Waals surface area contributed by atoms with Crippen LogP contribution in [-0.2, 0) is 11.3 Å². The molecule has 0 radical (unpaired) electrons. The first-order valence-electron chi connectivity index (χ1n) is 9.71. The first kappa shape index (κ1) is 19.2. The van der Waals surface area contributed by atoms with Gasteiger partial charge in [0.05, 0.1) is 26.1 Å². The van der Waals surface area contributed by atoms with Gasteiger partial charge in [0.2, 0.25) is 0 Å². The summed E-state index contributed by atoms with van der Waals surface area (Å²) in [5.74, 6) is 2.05. The second kappa shape index (κ2) is 8.91. The molecule has 1 unspecified atom stereocenters. The van der Waals surface area contributed by atoms with Crippen molar-refractivity contribution in [3.05, 3.63) is 48.3 Å². The Morgan fingerprint density at radius 3 is 2.72 bits per heavy atom. The van der Waals surface area contributed by atoms with Crippen molar-refractivity contribution in [2.45, 2.75) is 32.0 Å². The molecule has 0 aliphatic carbocycles. The van der Waals surface area contributed by atoms with Crippen molar-refractivity contribution in [3.8, 4) is 22.8 Å². The topological polar surface area (TPSA) is 83.3 Å². The summed E-state index contributed by atoms with van der Waals surface area (Å²) in [5.41, 5.74) is 2.69. The Balaban J connectivity index is 1.46. The third-order valence-electron chi connectivity index (χ3n) is 4.95. The maximum absolute atomic E-state index is 5.79. The fraction of sp³-hybridized carbons (Fsp3) is 0.381. The lowest BCUT2D eigenvalue weighted by molar-refractivity contribution is -0.0394. The molecule has 4 rings (SSSR count). The number of nitrogens with zero attached hydrogens (tertiary/aromatic N) is 4. The zero-order chi connectivity index (χ0) is 20.1. The molecule has 1 aliphatic heterocycles. The molecule has 0 bridgehead atoms. The van der Waals surface area contributed by atoms with Crippen molar-refractivity contribution in [1.82, 2.24) is 20.0 Å². The molecule has 0 spiro atoms. The van der Waals surface area contributed by atoms with Crippen LogP contribution in [-0.4, -0.2) is 40.8 Å². The maximum atomic E-state index is 5.79. The summed E-state index contributed by atoms with van der Waals surface area (Å²) in [6.07, 6.45) is 6.97. The SMILES string of the molecule is COc1ccc(CNc2nnc(-c3cnn(C4CCCCO4)c3)cc2OC)cc1. The van der Waals surface area contributed by atoms with Gasteiger partial charge in [-0.1, -0.05) is 12.1 Å². The van der Waals surface area contributed by atoms with E-state index in [2.05, 4.69) is 20.6 Å². The highest BCUT2D eigenvalue weighted by molar-refractivity contribution is 5.62. The van der Waals surface area contributed by atoms with E-state index in [1.54, 1.807) is 20.4 Å². The van der Waals surface area contributed by atoms with E-state index in [1.807, 2.05) is 41.2 Å². The van der Waals surface area contributed by atoms with Crippen LogP contribution in [0.25, 0.3) is 11.3 Å². The van der Waals surface area contributed by atoms with E-state index in [-0.39, 0.29) is 6.23 Å². The van der Waals surface area contributed by atoms with Crippen molar-refractivity contribution >= 4 is 5.82 Å². The van der Waals surface area contributed by atoms with Gasteiger partial charge in [-0.15, -0.1) is 10.2 Å². The fourth-order valence-corrected chi connectivity index (χ4v) is 3.28. The van der Waals surface area contributed by atoms with E-state index in [9.17, 15) is 0 Å². The zero-order valence-electron chi connectivity index (χ0n) is 16.7. The van der Waals surface area contributed by atoms with Crippen LogP contribution in [0.15, 0.2) is 42.7 Å². The smallest absolute Gasteiger partial charge is 0.191 e. The minimum Gasteiger partial charge on any atom is -0.497 e. The standard InChI is InChI=1S/C21H25N5O3/c1-27-17-8-6-15(7-9-17)12-22-21-19(28-2)11-18(24-25-21)16-13-23-26(14-16)20-5-3-4-10-29-20/h6-9,11,13-14,20H,3-5,10,12H2,1-2H3,(H,22,25). The van der Waals surface area contributed by atoms with Crippen LogP contribution >= 0.6 is 0 Å². The van der Waals surface area contributed by atoms with Crippen molar-refractivity contribution in [3.63, 3.8) is 0 Å². The molecular formula is C21H25N5O3. The van der Waals surface area contributed by atoms with E-state index in [1.165, 1.54) is 0 Å². The molecular weight excluding hydrogens is 370 g/mol. The highest BCUT2D eigenvalue weighted by Crippen LogP contribution is 2.28. The highest BCUT2D eigenvalue weighted by atomic mass is 16.5. The van der Waals surface area contributed by atoms with Crippen molar-refractivity contribution < 1.29 is 14.2 Å². The van der Waals surface area contributed by atoms with E-state index in [0.29, 0.717) is 23.8 Å². The summed E-state index contributed by atoms with van der Waals surface area (Å²) in [6, 6.07) is 9.73. The molecule has 1 aromatic carbocycles. The van der Waals surface area contributed by atoms with Crippen LogP contribution in [0, 0.1) is 0 Å². The Labute approximate surface area is 169 Å². The van der Waals surface area contributed by atoms with Gasteiger partial charge in [0, 0.05) is 31.0 Å². The van der Waals surface area contributed by atoms with Gasteiger partial charge in [-0.2, -0.15) is 5.10 Å². The third kappa shape index (κ3) is 4.48. The highest BCUT2D eigenvalue weighted by Gasteiger charge is 2.18. The number of anilines is 1. The Kier molecular flexibility index (Phi) is 5.90. The number of rotatable bonds is 7. The summed E-state index contributed by atoms with van der Waals surface area (Å²) < 4.78 is 18.4. The molecule has 3 aromatic rings. The zero-order valence-corrected chi connectivity index (χ0v) is 16.7. The summed E-state index contributed by atoms with van der Waals surface area (Å²) in [4.78, 5) is 0. The van der Waals surface area contributed by atoms with E-state index < -0.39 is 0 Å². The van der Waals surface area contributed by atoms with Gasteiger partial charge in [0.25, 0.3) is 0 Å². The van der Waals surface area contributed by atoms with Crippen LogP contribution in [0.1, 0.15) is 31.1 Å². The van der Waals surface area contributed by atoms with Gasteiger partial charge in [-0.25, -0.2) is 4.68 Å². The number of ether oxygens (including phenoxy) is 3. The molecule has 1 atom stereocenters. The molecule has 1 saturated heterocycles. The lowest BCUT2D eigenvalue weighted by atomic mass is 10.2. The molecule has 1 N–H and O–H groups in total. The summed E-state index contributed by atoms with van der Waals surface area (Å²) in [7, 11) is 3.28. The van der Waals surface area contributed by atoms with Gasteiger partial charge >= 0.3 is 0 Å². The minimum absolute atomic E-state index is 0.00205. The molecule has 29 heavy (non-hydrogen) atoms. The van der Waals surface area contributed by atoms with Crippen LogP contribution in [0.3, 0.4) is 0 Å². The van der Waals surface area contributed by atoms with Crippen LogP contribution in [0.5, 0.6) is 11.5 Å². The van der Waals surface area contributed by atoms with E-state index in [0.717, 1.165) is 42.7 Å². The lowest BCUT2D eigenvalue weighted by Crippen LogP contribution is -2.18. The van der Waals surface area contributed by atoms with Crippen molar-refractivity contribution in [1.29, 1.82) is 0 Å². The van der Waals surface area contributed by atoms with Gasteiger partial charge in [-0.05, 0) is 37.0 Å². The van der Waals surface area contributed by atoms with E-state index in [4.69, 9.17) is 14.2 Å². The quantitative estimate of drug-likeness (QED) is 0.653. The fourth-order valence-electron chi connectivity index (χ4n) is 3.28. The number of nitrogens with one attached hydrogen (secondary N) is 1. The Bertz CT molecular complexity index is 936. The molecule has 2 aromatic heterocycles. The monoisotopic (exact) mass is 395 g/mol. The minimum atomic E-state index is -0.00205. The molecule has 1 aliphatic rings. The number of hydrogen-bond acceptors (Lipinski definition) is 7. The molecule has 152 valence electrons. The van der Waals surface area contributed by atoms with Crippen LogP contribution < -0.4 is 14.8 Å². The van der Waals surface area contributed by atoms with Crippen molar-refractivity contribution in [2.24, 2.45) is 0 Å². The first-order chi connectivity index (χ1) is 14.3. The summed E-state index contributed by atoms with van der Waals surface area (Å²) in [6.45, 7) is 1.38. The maximum Gasteiger partial charge on any atom is 0.191 e. The Morgan fingerprint density at radius 1 is 1.14 bits per heavy atom. The molecule has 3 heterocycles. The van der Waals surface area contributed by atoms with Crippen LogP contribution in [0.2, 0.25) is 0 Å². The Hall–Kier alpha value is -3.13. The Morgan fingerprint density at radius 2 is 2.00 bits per heavy atom. The predicted molar refractivity (Wildman–Crippen MR) is 109 cm³/mol. The largest absolute Gasteiger partial charge is 0.497 e. The number of aromatic nitrogens is 4. The average molecular weight is 395 g/mol. The molecule has 0 amide bonds. The van der Waals surface area contributed by atoms with E-state index >= 15 is 0 Å². The van der Waals surface area contributed by atoms with Crippen molar-refractivity contribution in [2.75, 3.05) is 26.1 Å². The molecule has 0 saturated carbocycles. The predicted octanol–water partition coefficient (Wildman–Crippen LogP) is 3.67. The first-order valence-corrected chi connectivity index (χ1v) is 9.71. The number of methoxy groups -OCH3 is 2. The average Bonchev–Trinajstić information content (AvgIpc) is 3.29. The number of hydrogen-bond donors (Lipinski definition) is 1. The van der Waals surface area contributed by atoms with Gasteiger partial charge in [0.1, 0.15) is 12.0 Å². The summed E-state index contributed by atoms with van der Waals surface area (Å²) in [5, 5.41) is 16.4. The molecule has 1 fully saturated rings. The van der Waals surface area contributed by atoms with Gasteiger partial charge < -0.3 is 19.5 Å². The van der Waals surface area contributed by atoms with Gasteiger partial charge in [-0.3, -0.25) is 0 Å². The van der Waals surface area contributed by atoms with Gasteiger partial charge in [0.15, 0.2) is 11.6 Å². The second-order valence-corrected chi connectivity index (χ2v) is 6.88.